The number of benzene rings is 9. The van der Waals surface area contributed by atoms with E-state index >= 15 is 0 Å². The SMILES string of the molecule is C[C@@]12C=CC=CC1C1(c3ccccc3-c3ccccc31)c1cc3c4c(c12)N(c1ccccc1)c1cccc2c1B4c1c(cc4c(c1N2c1ccccc1)C1=C(CCC=C1)C41c2ccccc2-c2ccccc21)S3. The Morgan fingerprint density at radius 3 is 1.68 bits per heavy atom. The number of hydrogen-bond acceptors (Lipinski definition) is 3. The van der Waals surface area contributed by atoms with Gasteiger partial charge in [0.1, 0.15) is 0 Å². The molecule has 73 heavy (non-hydrogen) atoms. The highest BCUT2D eigenvalue weighted by Crippen LogP contribution is 2.71. The van der Waals surface area contributed by atoms with Gasteiger partial charge < -0.3 is 9.80 Å². The fourth-order valence-electron chi connectivity index (χ4n) is 16.6. The summed E-state index contributed by atoms with van der Waals surface area (Å²) in [6.07, 6.45) is 16.8. The molecule has 2 spiro atoms. The van der Waals surface area contributed by atoms with Gasteiger partial charge in [0.25, 0.3) is 6.71 Å². The van der Waals surface area contributed by atoms with Crippen molar-refractivity contribution < 1.29 is 0 Å². The Morgan fingerprint density at radius 2 is 1.05 bits per heavy atom. The molecular formula is C69H45BN2S. The number of anilines is 6. The zero-order chi connectivity index (χ0) is 47.5. The summed E-state index contributed by atoms with van der Waals surface area (Å²) >= 11 is 2.04. The van der Waals surface area contributed by atoms with Crippen molar-refractivity contribution >= 4 is 74.6 Å². The Morgan fingerprint density at radius 1 is 0.521 bits per heavy atom. The van der Waals surface area contributed by atoms with Crippen LogP contribution in [0.4, 0.5) is 34.1 Å². The Hall–Kier alpha value is -8.05. The first-order valence-corrected chi connectivity index (χ1v) is 27.0. The molecule has 2 nitrogen and oxygen atoms in total. The number of para-hydroxylation sites is 2. The van der Waals surface area contributed by atoms with E-state index in [4.69, 9.17) is 0 Å². The lowest BCUT2D eigenvalue weighted by molar-refractivity contribution is 0.372. The van der Waals surface area contributed by atoms with Crippen LogP contribution in [0.5, 0.6) is 0 Å². The van der Waals surface area contributed by atoms with Crippen LogP contribution in [0.2, 0.25) is 0 Å². The molecule has 3 heterocycles. The van der Waals surface area contributed by atoms with Gasteiger partial charge in [-0.25, -0.2) is 0 Å². The molecule has 0 amide bonds. The molecule has 2 atom stereocenters. The minimum absolute atomic E-state index is 0.000780. The van der Waals surface area contributed by atoms with Crippen LogP contribution in [0.15, 0.2) is 240 Å². The molecule has 0 saturated carbocycles. The topological polar surface area (TPSA) is 6.48 Å². The summed E-state index contributed by atoms with van der Waals surface area (Å²) in [6, 6.07) is 72.6. The van der Waals surface area contributed by atoms with Gasteiger partial charge in [0, 0.05) is 55.1 Å². The van der Waals surface area contributed by atoms with Crippen LogP contribution in [0, 0.1) is 5.92 Å². The van der Waals surface area contributed by atoms with Crippen molar-refractivity contribution in [2.75, 3.05) is 9.80 Å². The second-order valence-corrected chi connectivity index (χ2v) is 22.9. The monoisotopic (exact) mass is 944 g/mol. The smallest absolute Gasteiger partial charge is 0.255 e. The first kappa shape index (κ1) is 39.6. The zero-order valence-electron chi connectivity index (χ0n) is 40.2. The number of rotatable bonds is 2. The van der Waals surface area contributed by atoms with Crippen molar-refractivity contribution in [3.05, 3.63) is 275 Å². The first-order chi connectivity index (χ1) is 36.1. The summed E-state index contributed by atoms with van der Waals surface area (Å²) in [4.78, 5) is 8.14. The van der Waals surface area contributed by atoms with E-state index in [1.54, 1.807) is 5.57 Å². The summed E-state index contributed by atoms with van der Waals surface area (Å²) in [5, 5.41) is 0. The van der Waals surface area contributed by atoms with Crippen molar-refractivity contribution in [2.45, 2.75) is 45.8 Å². The average Bonchev–Trinajstić information content (AvgIpc) is 4.11. The van der Waals surface area contributed by atoms with E-state index < -0.39 is 10.8 Å². The first-order valence-electron chi connectivity index (χ1n) is 26.2. The normalized spacial score (nSPS) is 20.6. The van der Waals surface area contributed by atoms with E-state index in [2.05, 4.69) is 241 Å². The lowest BCUT2D eigenvalue weighted by Crippen LogP contribution is -2.64. The van der Waals surface area contributed by atoms with Crippen LogP contribution in [0.25, 0.3) is 27.8 Å². The van der Waals surface area contributed by atoms with E-state index in [1.165, 1.54) is 133 Å². The van der Waals surface area contributed by atoms with Crippen LogP contribution >= 0.6 is 11.8 Å². The Labute approximate surface area is 430 Å². The quantitative estimate of drug-likeness (QED) is 0.159. The summed E-state index contributed by atoms with van der Waals surface area (Å²) < 4.78 is 0. The third-order valence-corrected chi connectivity index (χ3v) is 20.0. The second kappa shape index (κ2) is 13.5. The van der Waals surface area contributed by atoms with Gasteiger partial charge in [0.05, 0.1) is 16.5 Å². The zero-order valence-corrected chi connectivity index (χ0v) is 41.1. The van der Waals surface area contributed by atoms with Gasteiger partial charge in [-0.15, -0.1) is 0 Å². The molecule has 0 fully saturated rings. The number of nitrogens with zero attached hydrogens (tertiary/aromatic N) is 2. The van der Waals surface area contributed by atoms with Crippen LogP contribution in [0.3, 0.4) is 0 Å². The van der Waals surface area contributed by atoms with Gasteiger partial charge in [-0.2, -0.15) is 0 Å². The summed E-state index contributed by atoms with van der Waals surface area (Å²) in [7, 11) is 0. The lowest BCUT2D eigenvalue weighted by atomic mass is 9.32. The van der Waals surface area contributed by atoms with E-state index in [0.29, 0.717) is 0 Å². The van der Waals surface area contributed by atoms with E-state index in [1.807, 2.05) is 11.8 Å². The maximum Gasteiger partial charge on any atom is 0.255 e. The molecular weight excluding hydrogens is 900 g/mol. The van der Waals surface area contributed by atoms with Gasteiger partial charge in [0.2, 0.25) is 0 Å². The lowest BCUT2D eigenvalue weighted by Gasteiger charge is -2.49. The van der Waals surface area contributed by atoms with Crippen LogP contribution in [0.1, 0.15) is 64.3 Å². The molecule has 9 aromatic carbocycles. The van der Waals surface area contributed by atoms with Crippen LogP contribution in [-0.4, -0.2) is 6.71 Å². The Kier molecular flexibility index (Phi) is 7.32. The van der Waals surface area contributed by atoms with Gasteiger partial charge in [-0.05, 0) is 150 Å². The summed E-state index contributed by atoms with van der Waals surface area (Å²) in [6.45, 7) is 2.56. The maximum atomic E-state index is 2.72. The van der Waals surface area contributed by atoms with Gasteiger partial charge in [-0.1, -0.05) is 195 Å². The van der Waals surface area contributed by atoms with Crippen LogP contribution < -0.4 is 26.2 Å². The predicted octanol–water partition coefficient (Wildman–Crippen LogP) is 15.0. The third-order valence-electron chi connectivity index (χ3n) is 18.9. The molecule has 9 aromatic rings. The standard InChI is InChI=1S/C69H45BN2S/c1-67-38-19-18-37-59(67)69(50-32-15-10-27-45(50)46-28-11-16-33-51(46)69)54-40-58-64-66(61(54)67)72(42-23-6-3-7-24-42)56-36-20-35-55-62(56)70(64)63-57(73-58)39-53-60(65(63)71(55)41-21-4-2-5-22-41)47-29-12-17-34-52(47)68(53)48-30-13-8-25-43(48)44-26-9-14-31-49(44)68/h2-16,18-33,35-40,59H,17,34H2,1H3/t59?,67-/m1/s1. The fourth-order valence-corrected chi connectivity index (χ4v) is 17.8. The van der Waals surface area contributed by atoms with Crippen molar-refractivity contribution in [1.29, 1.82) is 0 Å². The number of fused-ring (bicyclic) bond motifs is 21. The minimum Gasteiger partial charge on any atom is -0.311 e. The number of hydrogen-bond donors (Lipinski definition) is 0. The largest absolute Gasteiger partial charge is 0.311 e. The molecule has 6 aliphatic carbocycles. The molecule has 0 N–H and O–H groups in total. The average molecular weight is 945 g/mol. The van der Waals surface area contributed by atoms with Gasteiger partial charge in [-0.3, -0.25) is 0 Å². The van der Waals surface area contributed by atoms with Crippen molar-refractivity contribution in [3.63, 3.8) is 0 Å². The predicted molar refractivity (Wildman–Crippen MR) is 303 cm³/mol. The van der Waals surface area contributed by atoms with Crippen molar-refractivity contribution in [1.82, 2.24) is 0 Å². The van der Waals surface area contributed by atoms with E-state index in [-0.39, 0.29) is 18.0 Å². The summed E-state index contributed by atoms with van der Waals surface area (Å²) in [5.74, 6) is 0.146. The van der Waals surface area contributed by atoms with E-state index in [0.717, 1.165) is 12.8 Å². The van der Waals surface area contributed by atoms with Crippen LogP contribution in [-0.2, 0) is 16.2 Å². The molecule has 0 radical (unpaired) electrons. The Bertz CT molecular complexity index is 4090. The molecule has 340 valence electrons. The molecule has 0 saturated heterocycles. The van der Waals surface area contributed by atoms with Gasteiger partial charge >= 0.3 is 0 Å². The molecule has 0 bridgehead atoms. The molecule has 18 rings (SSSR count). The highest BCUT2D eigenvalue weighted by atomic mass is 32.2. The van der Waals surface area contributed by atoms with E-state index in [9.17, 15) is 0 Å². The number of allylic oxidation sites excluding steroid dienone is 8. The maximum absolute atomic E-state index is 2.72. The third kappa shape index (κ3) is 4.37. The van der Waals surface area contributed by atoms with Gasteiger partial charge in [0.15, 0.2) is 0 Å². The fraction of sp³-hybridized carbons (Fsp3) is 0.101. The second-order valence-electron chi connectivity index (χ2n) is 21.8. The molecule has 4 heteroatoms. The molecule has 1 unspecified atom stereocenters. The van der Waals surface area contributed by atoms with Crippen molar-refractivity contribution in [3.8, 4) is 22.3 Å². The highest BCUT2D eigenvalue weighted by molar-refractivity contribution is 8.00. The molecule has 0 aromatic heterocycles. The summed E-state index contributed by atoms with van der Waals surface area (Å²) in [5.41, 5.74) is 30.6. The van der Waals surface area contributed by atoms with Crippen molar-refractivity contribution in [2.24, 2.45) is 5.92 Å². The molecule has 9 aliphatic rings. The minimum atomic E-state index is -0.413. The Balaban J connectivity index is 1.03. The molecule has 3 aliphatic heterocycles. The highest BCUT2D eigenvalue weighted by Gasteiger charge is 2.65.